The number of benzene rings is 1. The molecule has 3 saturated heterocycles. The number of carbonyl (C=O) groups excluding carboxylic acids is 2. The van der Waals surface area contributed by atoms with Crippen LogP contribution in [0.1, 0.15) is 18.4 Å². The summed E-state index contributed by atoms with van der Waals surface area (Å²) >= 11 is 6.31. The van der Waals surface area contributed by atoms with Gasteiger partial charge in [0.25, 0.3) is 0 Å². The molecule has 2 amide bonds. The van der Waals surface area contributed by atoms with E-state index in [2.05, 4.69) is 5.10 Å². The monoisotopic (exact) mass is 357 g/mol. The molecule has 3 fully saturated rings. The van der Waals surface area contributed by atoms with Gasteiger partial charge in [0.1, 0.15) is 5.02 Å². The summed E-state index contributed by atoms with van der Waals surface area (Å²) in [6, 6.07) is 9.82. The van der Waals surface area contributed by atoms with E-state index in [0.29, 0.717) is 11.6 Å². The van der Waals surface area contributed by atoms with Crippen molar-refractivity contribution in [3.63, 3.8) is 0 Å². The molecule has 2 bridgehead atoms. The molecule has 2 aromatic rings. The van der Waals surface area contributed by atoms with Crippen molar-refractivity contribution in [3.05, 3.63) is 47.1 Å². The van der Waals surface area contributed by atoms with Crippen molar-refractivity contribution in [1.29, 1.82) is 0 Å². The number of hydrogen-bond donors (Lipinski definition) is 0. The molecular weight excluding hydrogens is 342 g/mol. The molecule has 25 heavy (non-hydrogen) atoms. The Labute approximate surface area is 149 Å². The maximum Gasteiger partial charge on any atom is 0.241 e. The summed E-state index contributed by atoms with van der Waals surface area (Å²) in [6.45, 7) is 0.526. The second-order valence-corrected chi connectivity index (χ2v) is 7.24. The first-order chi connectivity index (χ1) is 12.1. The van der Waals surface area contributed by atoms with Crippen LogP contribution in [0.3, 0.4) is 0 Å². The molecule has 1 aromatic carbocycles. The number of aromatic nitrogens is 2. The van der Waals surface area contributed by atoms with Crippen molar-refractivity contribution in [3.8, 4) is 0 Å². The number of halogens is 1. The molecule has 4 atom stereocenters. The fourth-order valence-electron chi connectivity index (χ4n) is 4.31. The van der Waals surface area contributed by atoms with Crippen LogP contribution in [-0.4, -0.2) is 33.8 Å². The highest BCUT2D eigenvalue weighted by Gasteiger charge is 2.63. The van der Waals surface area contributed by atoms with Crippen molar-refractivity contribution in [2.24, 2.45) is 11.8 Å². The van der Waals surface area contributed by atoms with Gasteiger partial charge in [0.05, 0.1) is 30.6 Å². The maximum absolute atomic E-state index is 12.8. The Morgan fingerprint density at radius 3 is 2.36 bits per heavy atom. The van der Waals surface area contributed by atoms with Crippen LogP contribution in [0.5, 0.6) is 0 Å². The third-order valence-electron chi connectivity index (χ3n) is 5.38. The van der Waals surface area contributed by atoms with E-state index < -0.39 is 0 Å². The third kappa shape index (κ3) is 2.17. The number of carbonyl (C=O) groups is 2. The van der Waals surface area contributed by atoms with Crippen LogP contribution < -0.4 is 4.90 Å². The molecule has 0 N–H and O–H groups in total. The predicted octanol–water partition coefficient (Wildman–Crippen LogP) is 2.25. The van der Waals surface area contributed by atoms with Gasteiger partial charge in [-0.05, 0) is 18.4 Å². The minimum absolute atomic E-state index is 0.137. The maximum atomic E-state index is 12.8. The van der Waals surface area contributed by atoms with E-state index in [-0.39, 0.29) is 41.7 Å². The molecule has 0 saturated carbocycles. The highest BCUT2D eigenvalue weighted by atomic mass is 35.5. The van der Waals surface area contributed by atoms with Gasteiger partial charge >= 0.3 is 0 Å². The van der Waals surface area contributed by atoms with E-state index in [0.717, 1.165) is 18.4 Å². The smallest absolute Gasteiger partial charge is 0.241 e. The summed E-state index contributed by atoms with van der Waals surface area (Å²) in [5.74, 6) is -0.965. The first-order valence-corrected chi connectivity index (χ1v) is 8.81. The summed E-state index contributed by atoms with van der Waals surface area (Å²) in [7, 11) is 0. The fraction of sp³-hybridized carbons (Fsp3) is 0.389. The highest BCUT2D eigenvalue weighted by Crippen LogP contribution is 2.49. The SMILES string of the molecule is O=C1C2C3CCC(O3)C2C(=O)N1c1nn(Cc2ccccc2)cc1Cl. The fourth-order valence-corrected chi connectivity index (χ4v) is 4.55. The molecule has 4 heterocycles. The van der Waals surface area contributed by atoms with Crippen molar-refractivity contribution in [2.75, 3.05) is 4.90 Å². The average molecular weight is 358 g/mol. The Hall–Kier alpha value is -2.18. The molecule has 6 nitrogen and oxygen atoms in total. The van der Waals surface area contributed by atoms with Crippen molar-refractivity contribution in [2.45, 2.75) is 31.6 Å². The number of ether oxygens (including phenoxy) is 1. The van der Waals surface area contributed by atoms with Crippen LogP contribution in [0, 0.1) is 11.8 Å². The number of hydrogen-bond acceptors (Lipinski definition) is 4. The largest absolute Gasteiger partial charge is 0.373 e. The number of amides is 2. The lowest BCUT2D eigenvalue weighted by Gasteiger charge is -2.15. The van der Waals surface area contributed by atoms with Crippen LogP contribution in [-0.2, 0) is 20.9 Å². The number of rotatable bonds is 3. The van der Waals surface area contributed by atoms with Gasteiger partial charge < -0.3 is 4.74 Å². The van der Waals surface area contributed by atoms with Crippen molar-refractivity contribution < 1.29 is 14.3 Å². The zero-order chi connectivity index (χ0) is 17.1. The molecule has 7 heteroatoms. The second-order valence-electron chi connectivity index (χ2n) is 6.84. The van der Waals surface area contributed by atoms with Gasteiger partial charge in [-0.15, -0.1) is 0 Å². The summed E-state index contributed by atoms with van der Waals surface area (Å²) in [6.07, 6.45) is 3.07. The normalized spacial score (nSPS) is 30.4. The third-order valence-corrected chi connectivity index (χ3v) is 5.65. The van der Waals surface area contributed by atoms with Crippen molar-refractivity contribution >= 4 is 29.2 Å². The van der Waals surface area contributed by atoms with Gasteiger partial charge in [-0.1, -0.05) is 41.9 Å². The molecule has 0 spiro atoms. The van der Waals surface area contributed by atoms with Crippen LogP contribution in [0.25, 0.3) is 0 Å². The van der Waals surface area contributed by atoms with Gasteiger partial charge in [-0.2, -0.15) is 5.10 Å². The molecule has 4 unspecified atom stereocenters. The number of nitrogens with zero attached hydrogens (tertiary/aromatic N) is 3. The average Bonchev–Trinajstić information content (AvgIpc) is 3.34. The standard InChI is InChI=1S/C18H16ClN3O3/c19-11-9-21(8-10-4-2-1-3-5-10)20-16(11)22-17(23)14-12-6-7-13(25-12)15(14)18(22)24/h1-5,9,12-15H,6-8H2. The van der Waals surface area contributed by atoms with E-state index >= 15 is 0 Å². The first-order valence-electron chi connectivity index (χ1n) is 8.43. The lowest BCUT2D eigenvalue weighted by atomic mass is 9.81. The van der Waals surface area contributed by atoms with Crippen LogP contribution in [0.2, 0.25) is 5.02 Å². The van der Waals surface area contributed by atoms with Crippen LogP contribution >= 0.6 is 11.6 Å². The van der Waals surface area contributed by atoms with E-state index in [4.69, 9.17) is 16.3 Å². The van der Waals surface area contributed by atoms with Crippen molar-refractivity contribution in [1.82, 2.24) is 9.78 Å². The minimum atomic E-state index is -0.374. The summed E-state index contributed by atoms with van der Waals surface area (Å²) in [5.41, 5.74) is 1.07. The van der Waals surface area contributed by atoms with Gasteiger partial charge in [0.2, 0.25) is 11.8 Å². The lowest BCUT2D eigenvalue weighted by Crippen LogP contribution is -2.34. The molecule has 0 aliphatic carbocycles. The Kier molecular flexibility index (Phi) is 3.27. The number of imide groups is 1. The molecule has 128 valence electrons. The molecule has 5 rings (SSSR count). The van der Waals surface area contributed by atoms with Gasteiger partial charge in [-0.25, -0.2) is 4.90 Å². The predicted molar refractivity (Wildman–Crippen MR) is 90.1 cm³/mol. The zero-order valence-electron chi connectivity index (χ0n) is 13.3. The molecule has 3 aliphatic rings. The van der Waals surface area contributed by atoms with E-state index in [9.17, 15) is 9.59 Å². The van der Waals surface area contributed by atoms with E-state index in [1.165, 1.54) is 4.90 Å². The summed E-state index contributed by atoms with van der Waals surface area (Å²) < 4.78 is 7.41. The van der Waals surface area contributed by atoms with Gasteiger partial charge in [0.15, 0.2) is 5.82 Å². The highest BCUT2D eigenvalue weighted by molar-refractivity contribution is 6.35. The van der Waals surface area contributed by atoms with Gasteiger partial charge in [0, 0.05) is 6.20 Å². The topological polar surface area (TPSA) is 64.4 Å². The summed E-state index contributed by atoms with van der Waals surface area (Å²) in [4.78, 5) is 26.8. The van der Waals surface area contributed by atoms with E-state index in [1.807, 2.05) is 30.3 Å². The van der Waals surface area contributed by atoms with Crippen LogP contribution in [0.15, 0.2) is 36.5 Å². The summed E-state index contributed by atoms with van der Waals surface area (Å²) in [5, 5.41) is 4.72. The number of fused-ring (bicyclic) bond motifs is 5. The molecule has 1 aromatic heterocycles. The Balaban J connectivity index is 1.46. The number of anilines is 1. The Morgan fingerprint density at radius 1 is 1.08 bits per heavy atom. The lowest BCUT2D eigenvalue weighted by molar-refractivity contribution is -0.124. The molecule has 0 radical (unpaired) electrons. The zero-order valence-corrected chi connectivity index (χ0v) is 14.1. The molecule has 3 aliphatic heterocycles. The Morgan fingerprint density at radius 2 is 1.72 bits per heavy atom. The van der Waals surface area contributed by atoms with Gasteiger partial charge in [-0.3, -0.25) is 14.3 Å². The molecular formula is C18H16ClN3O3. The van der Waals surface area contributed by atoms with Crippen LogP contribution in [0.4, 0.5) is 5.82 Å². The Bertz CT molecular complexity index is 838. The second kappa shape index (κ2) is 5.41. The van der Waals surface area contributed by atoms with E-state index in [1.54, 1.807) is 10.9 Å². The first kappa shape index (κ1) is 15.1. The minimum Gasteiger partial charge on any atom is -0.373 e. The quantitative estimate of drug-likeness (QED) is 0.790.